The second kappa shape index (κ2) is 10.3. The maximum absolute atomic E-state index is 13.2. The molecule has 2 aromatic carbocycles. The average molecular weight is 488 g/mol. The maximum Gasteiger partial charge on any atom is 0.305 e. The molecule has 0 spiro atoms. The maximum atomic E-state index is 13.2. The van der Waals surface area contributed by atoms with Crippen LogP contribution >= 0.6 is 0 Å². The third kappa shape index (κ3) is 5.12. The number of imidazole rings is 1. The number of aromatic hydroxyl groups is 1. The Morgan fingerprint density at radius 1 is 1.08 bits per heavy atom. The first-order valence-corrected chi connectivity index (χ1v) is 12.3. The van der Waals surface area contributed by atoms with E-state index in [-0.39, 0.29) is 18.1 Å². The van der Waals surface area contributed by atoms with Crippen molar-refractivity contribution in [3.8, 4) is 17.1 Å². The molecule has 8 heteroatoms. The fourth-order valence-electron chi connectivity index (χ4n) is 5.11. The summed E-state index contributed by atoms with van der Waals surface area (Å²) >= 11 is 0. The lowest BCUT2D eigenvalue weighted by atomic mass is 9.95. The van der Waals surface area contributed by atoms with E-state index in [2.05, 4.69) is 9.88 Å². The first kappa shape index (κ1) is 23.7. The second-order valence-electron chi connectivity index (χ2n) is 9.45. The summed E-state index contributed by atoms with van der Waals surface area (Å²) in [6, 6.07) is 13.6. The van der Waals surface area contributed by atoms with Crippen molar-refractivity contribution in [3.63, 3.8) is 0 Å². The van der Waals surface area contributed by atoms with Crippen LogP contribution in [-0.4, -0.2) is 37.7 Å². The molecule has 1 amide bonds. The fraction of sp³-hybridized carbons (Fsp3) is 0.321. The molecule has 1 saturated carbocycles. The number of hydrogen-bond acceptors (Lipinski definition) is 5. The summed E-state index contributed by atoms with van der Waals surface area (Å²) in [5.41, 5.74) is 3.85. The SMILES string of the molecule is O=C(O)CC(Cc1ccc(O)cc1)NC(=O)c1ccc2c(c1)nc(-c1ccoc1)n2C1CCCCC1. The highest BCUT2D eigenvalue weighted by atomic mass is 16.4. The number of hydrogen-bond donors (Lipinski definition) is 3. The Labute approximate surface area is 208 Å². The molecule has 1 aliphatic rings. The number of carboxylic acid groups (broad SMARTS) is 1. The fourth-order valence-corrected chi connectivity index (χ4v) is 5.11. The van der Waals surface area contributed by atoms with Crippen molar-refractivity contribution in [3.05, 3.63) is 72.2 Å². The van der Waals surface area contributed by atoms with E-state index < -0.39 is 12.0 Å². The van der Waals surface area contributed by atoms with Crippen LogP contribution in [0.3, 0.4) is 0 Å². The van der Waals surface area contributed by atoms with Crippen LogP contribution in [0.25, 0.3) is 22.4 Å². The molecule has 0 saturated heterocycles. The van der Waals surface area contributed by atoms with Crippen LogP contribution in [0.4, 0.5) is 0 Å². The van der Waals surface area contributed by atoms with Gasteiger partial charge < -0.3 is 24.5 Å². The predicted molar refractivity (Wildman–Crippen MR) is 135 cm³/mol. The highest BCUT2D eigenvalue weighted by Gasteiger charge is 2.24. The molecule has 8 nitrogen and oxygen atoms in total. The minimum Gasteiger partial charge on any atom is -0.508 e. The van der Waals surface area contributed by atoms with E-state index in [1.54, 1.807) is 48.9 Å². The number of aliphatic carboxylic acids is 1. The summed E-state index contributed by atoms with van der Waals surface area (Å²) in [4.78, 5) is 29.5. The predicted octanol–water partition coefficient (Wildman–Crippen LogP) is 5.32. The monoisotopic (exact) mass is 487 g/mol. The van der Waals surface area contributed by atoms with Crippen LogP contribution in [0.15, 0.2) is 65.5 Å². The Balaban J connectivity index is 1.43. The lowest BCUT2D eigenvalue weighted by Gasteiger charge is -2.25. The molecule has 0 aliphatic heterocycles. The summed E-state index contributed by atoms with van der Waals surface area (Å²) in [5, 5.41) is 21.7. The summed E-state index contributed by atoms with van der Waals surface area (Å²) in [6.07, 6.45) is 9.24. The van der Waals surface area contributed by atoms with Crippen molar-refractivity contribution in [1.82, 2.24) is 14.9 Å². The molecule has 0 bridgehead atoms. The lowest BCUT2D eigenvalue weighted by molar-refractivity contribution is -0.137. The van der Waals surface area contributed by atoms with Gasteiger partial charge in [-0.2, -0.15) is 0 Å². The Hall–Kier alpha value is -4.07. The highest BCUT2D eigenvalue weighted by Crippen LogP contribution is 2.36. The van der Waals surface area contributed by atoms with Crippen molar-refractivity contribution in [2.24, 2.45) is 0 Å². The van der Waals surface area contributed by atoms with E-state index >= 15 is 0 Å². The number of nitrogens with one attached hydrogen (secondary N) is 1. The van der Waals surface area contributed by atoms with Gasteiger partial charge in [0.2, 0.25) is 0 Å². The van der Waals surface area contributed by atoms with Crippen LogP contribution in [-0.2, 0) is 11.2 Å². The molecular weight excluding hydrogens is 458 g/mol. The van der Waals surface area contributed by atoms with Crippen molar-refractivity contribution < 1.29 is 24.2 Å². The first-order valence-electron chi connectivity index (χ1n) is 12.3. The van der Waals surface area contributed by atoms with Crippen LogP contribution in [0.1, 0.15) is 60.5 Å². The Morgan fingerprint density at radius 3 is 2.56 bits per heavy atom. The summed E-state index contributed by atoms with van der Waals surface area (Å²) in [5.74, 6) is -0.378. The Bertz CT molecular complexity index is 1350. The smallest absolute Gasteiger partial charge is 0.305 e. The van der Waals surface area contributed by atoms with Gasteiger partial charge in [-0.25, -0.2) is 4.98 Å². The van der Waals surface area contributed by atoms with Gasteiger partial charge in [0.15, 0.2) is 0 Å². The standard InChI is InChI=1S/C28H29N3O5/c32-23-9-6-18(7-10-23)14-21(16-26(33)34)29-28(35)19-8-11-25-24(15-19)30-27(20-12-13-36-17-20)31(25)22-4-2-1-3-5-22/h6-13,15,17,21-22,32H,1-5,14,16H2,(H,29,35)(H,33,34). The van der Waals surface area contributed by atoms with Gasteiger partial charge in [-0.15, -0.1) is 0 Å². The molecule has 5 rings (SSSR count). The van der Waals surface area contributed by atoms with E-state index in [1.165, 1.54) is 19.3 Å². The summed E-state index contributed by atoms with van der Waals surface area (Å²) < 4.78 is 7.60. The number of aromatic nitrogens is 2. The molecule has 3 N–H and O–H groups in total. The Morgan fingerprint density at radius 2 is 1.86 bits per heavy atom. The van der Waals surface area contributed by atoms with Crippen molar-refractivity contribution in [2.45, 2.75) is 57.0 Å². The number of fused-ring (bicyclic) bond motifs is 1. The quantitative estimate of drug-likeness (QED) is 0.309. The number of phenols is 1. The number of nitrogens with zero attached hydrogens (tertiary/aromatic N) is 2. The van der Waals surface area contributed by atoms with E-state index in [9.17, 15) is 19.8 Å². The average Bonchev–Trinajstić information content (AvgIpc) is 3.53. The van der Waals surface area contributed by atoms with Gasteiger partial charge in [-0.1, -0.05) is 31.4 Å². The molecule has 1 fully saturated rings. The number of carbonyl (C=O) groups excluding carboxylic acids is 1. The molecule has 1 atom stereocenters. The van der Waals surface area contributed by atoms with Gasteiger partial charge in [0.25, 0.3) is 5.91 Å². The highest BCUT2D eigenvalue weighted by molar-refractivity contribution is 5.98. The normalized spacial score (nSPS) is 15.1. The molecule has 2 aromatic heterocycles. The zero-order valence-corrected chi connectivity index (χ0v) is 19.9. The van der Waals surface area contributed by atoms with Crippen LogP contribution < -0.4 is 5.32 Å². The first-order chi connectivity index (χ1) is 17.5. The third-order valence-electron chi connectivity index (χ3n) is 6.85. The van der Waals surface area contributed by atoms with Gasteiger partial charge in [0, 0.05) is 17.6 Å². The van der Waals surface area contributed by atoms with Gasteiger partial charge >= 0.3 is 5.97 Å². The van der Waals surface area contributed by atoms with Gasteiger partial charge in [-0.05, 0) is 61.2 Å². The molecular formula is C28H29N3O5. The minimum atomic E-state index is -0.995. The third-order valence-corrected chi connectivity index (χ3v) is 6.85. The molecule has 0 radical (unpaired) electrons. The Kier molecular flexibility index (Phi) is 6.75. The number of rotatable bonds is 8. The number of carbonyl (C=O) groups is 2. The molecule has 36 heavy (non-hydrogen) atoms. The summed E-state index contributed by atoms with van der Waals surface area (Å²) in [6.45, 7) is 0. The van der Waals surface area contributed by atoms with E-state index in [4.69, 9.17) is 9.40 Å². The summed E-state index contributed by atoms with van der Waals surface area (Å²) in [7, 11) is 0. The second-order valence-corrected chi connectivity index (χ2v) is 9.45. The molecule has 186 valence electrons. The van der Waals surface area contributed by atoms with Gasteiger partial charge in [-0.3, -0.25) is 9.59 Å². The lowest BCUT2D eigenvalue weighted by Crippen LogP contribution is -2.38. The topological polar surface area (TPSA) is 118 Å². The van der Waals surface area contributed by atoms with Gasteiger partial charge in [0.05, 0.1) is 29.3 Å². The number of phenolic OH excluding ortho intramolecular Hbond substituents is 1. The van der Waals surface area contributed by atoms with Crippen molar-refractivity contribution >= 4 is 22.9 Å². The molecule has 1 unspecified atom stereocenters. The number of furan rings is 1. The minimum absolute atomic E-state index is 0.133. The zero-order chi connectivity index (χ0) is 25.1. The van der Waals surface area contributed by atoms with Crippen molar-refractivity contribution in [1.29, 1.82) is 0 Å². The van der Waals surface area contributed by atoms with E-state index in [0.29, 0.717) is 18.0 Å². The molecule has 2 heterocycles. The molecule has 4 aromatic rings. The molecule has 1 aliphatic carbocycles. The van der Waals surface area contributed by atoms with Crippen LogP contribution in [0.2, 0.25) is 0 Å². The van der Waals surface area contributed by atoms with Crippen LogP contribution in [0.5, 0.6) is 5.75 Å². The number of benzene rings is 2. The van der Waals surface area contributed by atoms with Gasteiger partial charge in [0.1, 0.15) is 17.8 Å². The van der Waals surface area contributed by atoms with E-state index in [1.807, 2.05) is 12.1 Å². The number of carboxylic acids is 1. The largest absolute Gasteiger partial charge is 0.508 e. The number of amides is 1. The van der Waals surface area contributed by atoms with E-state index in [0.717, 1.165) is 40.8 Å². The van der Waals surface area contributed by atoms with Crippen LogP contribution in [0, 0.1) is 0 Å². The van der Waals surface area contributed by atoms with Crippen molar-refractivity contribution in [2.75, 3.05) is 0 Å². The zero-order valence-electron chi connectivity index (χ0n) is 19.9.